The van der Waals surface area contributed by atoms with Gasteiger partial charge >= 0.3 is 0 Å². The highest BCUT2D eigenvalue weighted by Crippen LogP contribution is 2.36. The summed E-state index contributed by atoms with van der Waals surface area (Å²) < 4.78 is 0. The van der Waals surface area contributed by atoms with Crippen LogP contribution in [0, 0.1) is 17.8 Å². The average Bonchev–Trinajstić information content (AvgIpc) is 3.74. The standard InChI is InChI=1S/C36H35N9O2/c1-2-12-36(35(47)40-28-6-9-31-30(23-28)33(42-41-31)26-10-16-37-17-11-26)13-18-43(25-36)24-32(46)45-21-19-44(20-22-45)29-7-4-27(5-8-29)34-38-14-3-15-39-34/h1,3-11,14-17,23H,12-13,18-22,24-25H2,(H,40,47)(H,41,42). The van der Waals surface area contributed by atoms with Crippen molar-refractivity contribution in [1.82, 2.24) is 34.9 Å². The molecule has 2 aliphatic rings. The summed E-state index contributed by atoms with van der Waals surface area (Å²) in [5.74, 6) is 3.38. The lowest BCUT2D eigenvalue weighted by atomic mass is 9.82. The van der Waals surface area contributed by atoms with Crippen LogP contribution >= 0.6 is 0 Å². The van der Waals surface area contributed by atoms with E-state index in [2.05, 4.69) is 58.3 Å². The molecule has 7 rings (SSSR count). The van der Waals surface area contributed by atoms with Crippen molar-refractivity contribution in [1.29, 1.82) is 0 Å². The summed E-state index contributed by atoms with van der Waals surface area (Å²) in [6, 6.07) is 19.5. The van der Waals surface area contributed by atoms with Gasteiger partial charge in [-0.1, -0.05) is 0 Å². The van der Waals surface area contributed by atoms with Gasteiger partial charge in [0.05, 0.1) is 17.5 Å². The maximum Gasteiger partial charge on any atom is 0.236 e. The van der Waals surface area contributed by atoms with E-state index in [9.17, 15) is 9.59 Å². The number of benzene rings is 2. The Balaban J connectivity index is 0.953. The largest absolute Gasteiger partial charge is 0.368 e. The van der Waals surface area contributed by atoms with E-state index < -0.39 is 5.41 Å². The second-order valence-electron chi connectivity index (χ2n) is 12.1. The molecule has 0 saturated carbocycles. The summed E-state index contributed by atoms with van der Waals surface area (Å²) in [6.07, 6.45) is 13.6. The Hall–Kier alpha value is -5.60. The van der Waals surface area contributed by atoms with Crippen molar-refractivity contribution in [3.8, 4) is 35.0 Å². The molecule has 5 aromatic rings. The number of hydrogen-bond acceptors (Lipinski definition) is 8. The van der Waals surface area contributed by atoms with Crippen molar-refractivity contribution in [3.05, 3.63) is 85.5 Å². The SMILES string of the molecule is C#CCC1(C(=O)Nc2ccc3[nH]nc(-c4ccncc4)c3c2)CCN(CC(=O)N2CCN(c3ccc(-c4ncccn4)cc3)CC2)C1. The lowest BCUT2D eigenvalue weighted by molar-refractivity contribution is -0.133. The quantitative estimate of drug-likeness (QED) is 0.247. The molecule has 11 heteroatoms. The molecule has 0 aliphatic carbocycles. The highest BCUT2D eigenvalue weighted by atomic mass is 16.2. The third kappa shape index (κ3) is 6.28. The van der Waals surface area contributed by atoms with Crippen molar-refractivity contribution in [2.45, 2.75) is 12.8 Å². The Kier molecular flexibility index (Phi) is 8.33. The van der Waals surface area contributed by atoms with Crippen LogP contribution < -0.4 is 10.2 Å². The molecular weight excluding hydrogens is 590 g/mol. The molecule has 2 aromatic carbocycles. The molecular formula is C36H35N9O2. The minimum Gasteiger partial charge on any atom is -0.368 e. The molecule has 2 amide bonds. The van der Waals surface area contributed by atoms with Crippen LogP contribution in [-0.2, 0) is 9.59 Å². The van der Waals surface area contributed by atoms with E-state index in [1.165, 1.54) is 0 Å². The summed E-state index contributed by atoms with van der Waals surface area (Å²) in [5.41, 5.74) is 4.58. The van der Waals surface area contributed by atoms with Gasteiger partial charge in [0.1, 0.15) is 5.69 Å². The van der Waals surface area contributed by atoms with Gasteiger partial charge in [-0.15, -0.1) is 12.3 Å². The van der Waals surface area contributed by atoms with E-state index in [0.29, 0.717) is 50.5 Å². The van der Waals surface area contributed by atoms with Gasteiger partial charge in [0, 0.05) is 91.8 Å². The highest BCUT2D eigenvalue weighted by molar-refractivity contribution is 6.00. The summed E-state index contributed by atoms with van der Waals surface area (Å²) >= 11 is 0. The van der Waals surface area contributed by atoms with Crippen molar-refractivity contribution in [2.24, 2.45) is 5.41 Å². The predicted molar refractivity (Wildman–Crippen MR) is 181 cm³/mol. The molecule has 236 valence electrons. The van der Waals surface area contributed by atoms with Crippen molar-refractivity contribution in [3.63, 3.8) is 0 Å². The van der Waals surface area contributed by atoms with E-state index in [-0.39, 0.29) is 18.4 Å². The van der Waals surface area contributed by atoms with E-state index in [0.717, 1.165) is 46.5 Å². The summed E-state index contributed by atoms with van der Waals surface area (Å²) in [5, 5.41) is 11.6. The van der Waals surface area contributed by atoms with E-state index in [1.807, 2.05) is 47.4 Å². The van der Waals surface area contributed by atoms with Crippen LogP contribution in [0.1, 0.15) is 12.8 Å². The number of nitrogens with one attached hydrogen (secondary N) is 2. The molecule has 11 nitrogen and oxygen atoms in total. The number of nitrogens with zero attached hydrogens (tertiary/aromatic N) is 7. The predicted octanol–water partition coefficient (Wildman–Crippen LogP) is 4.08. The zero-order valence-corrected chi connectivity index (χ0v) is 26.0. The number of carbonyl (C=O) groups excluding carboxylic acids is 2. The molecule has 2 N–H and O–H groups in total. The molecule has 1 unspecified atom stereocenters. The zero-order chi connectivity index (χ0) is 32.2. The maximum absolute atomic E-state index is 13.8. The van der Waals surface area contributed by atoms with E-state index >= 15 is 0 Å². The number of aromatic amines is 1. The lowest BCUT2D eigenvalue weighted by Gasteiger charge is -2.37. The highest BCUT2D eigenvalue weighted by Gasteiger charge is 2.44. The molecule has 2 fully saturated rings. The minimum absolute atomic E-state index is 0.0761. The van der Waals surface area contributed by atoms with Crippen LogP contribution in [0.3, 0.4) is 0 Å². The fourth-order valence-electron chi connectivity index (χ4n) is 6.56. The Morgan fingerprint density at radius 2 is 1.68 bits per heavy atom. The molecule has 0 spiro atoms. The number of fused-ring (bicyclic) bond motifs is 1. The van der Waals surface area contributed by atoms with Gasteiger partial charge in [-0.25, -0.2) is 9.97 Å². The number of pyridine rings is 1. The summed E-state index contributed by atoms with van der Waals surface area (Å²) in [7, 11) is 0. The van der Waals surface area contributed by atoms with Crippen LogP contribution in [-0.4, -0.2) is 92.6 Å². The van der Waals surface area contributed by atoms with Gasteiger partial charge in [0.2, 0.25) is 11.8 Å². The van der Waals surface area contributed by atoms with Crippen LogP contribution in [0.5, 0.6) is 0 Å². The monoisotopic (exact) mass is 625 g/mol. The number of anilines is 2. The fourth-order valence-corrected chi connectivity index (χ4v) is 6.56. The molecule has 0 bridgehead atoms. The van der Waals surface area contributed by atoms with E-state index in [4.69, 9.17) is 6.42 Å². The van der Waals surface area contributed by atoms with Gasteiger partial charge in [0.25, 0.3) is 0 Å². The number of piperazine rings is 1. The lowest BCUT2D eigenvalue weighted by Crippen LogP contribution is -2.51. The fraction of sp³-hybridized carbons (Fsp3) is 0.278. The first-order chi connectivity index (χ1) is 23.0. The van der Waals surface area contributed by atoms with Crippen LogP contribution in [0.2, 0.25) is 0 Å². The Morgan fingerprint density at radius 3 is 2.43 bits per heavy atom. The summed E-state index contributed by atoms with van der Waals surface area (Å²) in [6.45, 7) is 4.12. The number of likely N-dealkylation sites (tertiary alicyclic amines) is 1. The second kappa shape index (κ2) is 13.0. The number of carbonyl (C=O) groups is 2. The van der Waals surface area contributed by atoms with Gasteiger partial charge in [-0.3, -0.25) is 24.6 Å². The molecule has 1 atom stereocenters. The number of H-pyrrole nitrogens is 1. The van der Waals surface area contributed by atoms with Crippen LogP contribution in [0.15, 0.2) is 85.5 Å². The van der Waals surface area contributed by atoms with Gasteiger partial charge in [-0.05, 0) is 73.6 Å². The average molecular weight is 626 g/mol. The zero-order valence-electron chi connectivity index (χ0n) is 26.0. The van der Waals surface area contributed by atoms with Crippen molar-refractivity contribution >= 4 is 34.1 Å². The first kappa shape index (κ1) is 30.1. The smallest absolute Gasteiger partial charge is 0.236 e. The normalized spacial score (nSPS) is 18.3. The van der Waals surface area contributed by atoms with Crippen LogP contribution in [0.25, 0.3) is 33.5 Å². The minimum atomic E-state index is -0.774. The van der Waals surface area contributed by atoms with Gasteiger partial charge in [-0.2, -0.15) is 5.10 Å². The molecule has 0 radical (unpaired) electrons. The van der Waals surface area contributed by atoms with Gasteiger partial charge < -0.3 is 15.1 Å². The number of rotatable bonds is 8. The van der Waals surface area contributed by atoms with Crippen molar-refractivity contribution < 1.29 is 9.59 Å². The Labute approximate surface area is 273 Å². The molecule has 2 saturated heterocycles. The third-order valence-electron chi connectivity index (χ3n) is 9.18. The van der Waals surface area contributed by atoms with Crippen LogP contribution in [0.4, 0.5) is 11.4 Å². The van der Waals surface area contributed by atoms with E-state index in [1.54, 1.807) is 30.9 Å². The maximum atomic E-state index is 13.8. The number of aromatic nitrogens is 5. The Morgan fingerprint density at radius 1 is 0.915 bits per heavy atom. The third-order valence-corrected chi connectivity index (χ3v) is 9.18. The number of terminal acetylenes is 1. The van der Waals surface area contributed by atoms with Gasteiger partial charge in [0.15, 0.2) is 5.82 Å². The van der Waals surface area contributed by atoms with Crippen molar-refractivity contribution in [2.75, 3.05) is 56.0 Å². The Bertz CT molecular complexity index is 1910. The summed E-state index contributed by atoms with van der Waals surface area (Å²) in [4.78, 5) is 46.2. The number of hydrogen-bond donors (Lipinski definition) is 2. The topological polar surface area (TPSA) is 123 Å². The molecule has 3 aromatic heterocycles. The number of amides is 2. The second-order valence-corrected chi connectivity index (χ2v) is 12.1. The molecule has 5 heterocycles. The molecule has 2 aliphatic heterocycles. The molecule has 47 heavy (non-hydrogen) atoms. The first-order valence-electron chi connectivity index (χ1n) is 15.8. The first-order valence-corrected chi connectivity index (χ1v) is 15.8.